The number of hydrogen-bond acceptors (Lipinski definition) is 3. The van der Waals surface area contributed by atoms with Crippen LogP contribution in [0.2, 0.25) is 0 Å². The molecule has 23 heavy (non-hydrogen) atoms. The molecule has 1 heterocycles. The number of ether oxygens (including phenoxy) is 1. The first kappa shape index (κ1) is 21.0. The standard InChI is InChI=1S/C17H34N4O.HI/c1-18-16(19-10-13-21-11-4-3-5-12-21)20-15-17(7-6-8-17)9-14-22-2;/h3-15H2,1-2H3,(H2,18,19,20);1H. The number of rotatable bonds is 8. The summed E-state index contributed by atoms with van der Waals surface area (Å²) in [7, 11) is 3.65. The van der Waals surface area contributed by atoms with Gasteiger partial charge in [-0.25, -0.2) is 0 Å². The number of nitrogens with zero attached hydrogens (tertiary/aromatic N) is 2. The Balaban J connectivity index is 0.00000264. The zero-order valence-corrected chi connectivity index (χ0v) is 17.2. The summed E-state index contributed by atoms with van der Waals surface area (Å²) in [4.78, 5) is 6.91. The summed E-state index contributed by atoms with van der Waals surface area (Å²) in [5.74, 6) is 0.945. The Morgan fingerprint density at radius 1 is 1.13 bits per heavy atom. The van der Waals surface area contributed by atoms with Crippen LogP contribution in [0, 0.1) is 5.41 Å². The number of hydrogen-bond donors (Lipinski definition) is 2. The highest BCUT2D eigenvalue weighted by Gasteiger charge is 2.36. The van der Waals surface area contributed by atoms with Gasteiger partial charge in [0.25, 0.3) is 0 Å². The normalized spacial score (nSPS) is 21.2. The molecule has 0 aromatic carbocycles. The molecule has 2 fully saturated rings. The number of halogens is 1. The smallest absolute Gasteiger partial charge is 0.191 e. The third-order valence-electron chi connectivity index (χ3n) is 5.27. The zero-order chi connectivity index (χ0) is 15.7. The third kappa shape index (κ3) is 7.13. The van der Waals surface area contributed by atoms with Crippen molar-refractivity contribution in [2.24, 2.45) is 10.4 Å². The number of guanidine groups is 1. The summed E-state index contributed by atoms with van der Waals surface area (Å²) in [6.45, 7) is 6.49. The van der Waals surface area contributed by atoms with Crippen molar-refractivity contribution in [3.8, 4) is 0 Å². The lowest BCUT2D eigenvalue weighted by Gasteiger charge is -2.42. The molecule has 6 heteroatoms. The van der Waals surface area contributed by atoms with Crippen LogP contribution < -0.4 is 10.6 Å². The molecule has 2 N–H and O–H groups in total. The average molecular weight is 438 g/mol. The van der Waals surface area contributed by atoms with Crippen LogP contribution in [0.25, 0.3) is 0 Å². The maximum atomic E-state index is 5.26. The molecular weight excluding hydrogens is 403 g/mol. The van der Waals surface area contributed by atoms with Crippen molar-refractivity contribution < 1.29 is 4.74 Å². The Morgan fingerprint density at radius 2 is 1.87 bits per heavy atom. The summed E-state index contributed by atoms with van der Waals surface area (Å²) in [5.41, 5.74) is 0.431. The van der Waals surface area contributed by atoms with E-state index >= 15 is 0 Å². The van der Waals surface area contributed by atoms with Gasteiger partial charge in [-0.15, -0.1) is 24.0 Å². The SMILES string of the molecule is CN=C(NCCN1CCCCC1)NCC1(CCOC)CCC1.I. The van der Waals surface area contributed by atoms with Crippen LogP contribution in [0.4, 0.5) is 0 Å². The number of nitrogens with one attached hydrogen (secondary N) is 2. The molecule has 136 valence electrons. The van der Waals surface area contributed by atoms with Gasteiger partial charge in [-0.05, 0) is 50.6 Å². The zero-order valence-electron chi connectivity index (χ0n) is 14.9. The Morgan fingerprint density at radius 3 is 2.43 bits per heavy atom. The van der Waals surface area contributed by atoms with Crippen molar-refractivity contribution in [3.63, 3.8) is 0 Å². The van der Waals surface area contributed by atoms with Gasteiger partial charge in [0.05, 0.1) is 0 Å². The fraction of sp³-hybridized carbons (Fsp3) is 0.941. The first-order chi connectivity index (χ1) is 10.8. The number of piperidine rings is 1. The molecule has 0 atom stereocenters. The van der Waals surface area contributed by atoms with Gasteiger partial charge in [-0.1, -0.05) is 12.8 Å². The highest BCUT2D eigenvalue weighted by atomic mass is 127. The van der Waals surface area contributed by atoms with Gasteiger partial charge >= 0.3 is 0 Å². The molecule has 1 aliphatic heterocycles. The lowest BCUT2D eigenvalue weighted by atomic mass is 9.67. The fourth-order valence-electron chi connectivity index (χ4n) is 3.52. The highest BCUT2D eigenvalue weighted by molar-refractivity contribution is 14.0. The molecular formula is C17H35IN4O. The van der Waals surface area contributed by atoms with Crippen LogP contribution in [0.5, 0.6) is 0 Å². The molecule has 0 unspecified atom stereocenters. The van der Waals surface area contributed by atoms with Crippen LogP contribution >= 0.6 is 24.0 Å². The second-order valence-electron chi connectivity index (χ2n) is 6.85. The number of methoxy groups -OCH3 is 1. The maximum Gasteiger partial charge on any atom is 0.191 e. The topological polar surface area (TPSA) is 48.9 Å². The van der Waals surface area contributed by atoms with Gasteiger partial charge in [0, 0.05) is 40.4 Å². The molecule has 0 radical (unpaired) electrons. The molecule has 1 saturated heterocycles. The average Bonchev–Trinajstić information content (AvgIpc) is 2.52. The monoisotopic (exact) mass is 438 g/mol. The largest absolute Gasteiger partial charge is 0.385 e. The van der Waals surface area contributed by atoms with E-state index < -0.39 is 0 Å². The van der Waals surface area contributed by atoms with E-state index in [4.69, 9.17) is 4.74 Å². The lowest BCUT2D eigenvalue weighted by molar-refractivity contribution is 0.0732. The van der Waals surface area contributed by atoms with Gasteiger partial charge in [0.2, 0.25) is 0 Å². The molecule has 0 amide bonds. The molecule has 2 rings (SSSR count). The van der Waals surface area contributed by atoms with E-state index in [1.807, 2.05) is 7.05 Å². The van der Waals surface area contributed by atoms with E-state index in [0.717, 1.165) is 38.6 Å². The minimum atomic E-state index is 0. The van der Waals surface area contributed by atoms with Crippen LogP contribution in [0.3, 0.4) is 0 Å². The predicted octanol–water partition coefficient (Wildman–Crippen LogP) is 2.46. The predicted molar refractivity (Wildman–Crippen MR) is 108 cm³/mol. The molecule has 1 saturated carbocycles. The van der Waals surface area contributed by atoms with E-state index in [-0.39, 0.29) is 24.0 Å². The Bertz CT molecular complexity index is 341. The van der Waals surface area contributed by atoms with E-state index in [9.17, 15) is 0 Å². The Hall–Kier alpha value is -0.0800. The number of aliphatic imine (C=N–C) groups is 1. The minimum absolute atomic E-state index is 0. The molecule has 0 spiro atoms. The molecule has 5 nitrogen and oxygen atoms in total. The molecule has 1 aliphatic carbocycles. The van der Waals surface area contributed by atoms with Crippen LogP contribution in [-0.2, 0) is 4.74 Å². The first-order valence-corrected chi connectivity index (χ1v) is 8.94. The second kappa shape index (κ2) is 11.5. The van der Waals surface area contributed by atoms with Gasteiger partial charge in [0.1, 0.15) is 0 Å². The van der Waals surface area contributed by atoms with Crippen LogP contribution in [0.15, 0.2) is 4.99 Å². The third-order valence-corrected chi connectivity index (χ3v) is 5.27. The van der Waals surface area contributed by atoms with Crippen molar-refractivity contribution in [3.05, 3.63) is 0 Å². The fourth-order valence-corrected chi connectivity index (χ4v) is 3.52. The minimum Gasteiger partial charge on any atom is -0.385 e. The van der Waals surface area contributed by atoms with Crippen molar-refractivity contribution >= 4 is 29.9 Å². The molecule has 0 bridgehead atoms. The van der Waals surface area contributed by atoms with E-state index in [2.05, 4.69) is 20.5 Å². The Labute approximate surface area is 159 Å². The second-order valence-corrected chi connectivity index (χ2v) is 6.85. The molecule has 2 aliphatic rings. The number of likely N-dealkylation sites (tertiary alicyclic amines) is 1. The maximum absolute atomic E-state index is 5.26. The Kier molecular flexibility index (Phi) is 10.5. The van der Waals surface area contributed by atoms with Gasteiger partial charge in [0.15, 0.2) is 5.96 Å². The highest BCUT2D eigenvalue weighted by Crippen LogP contribution is 2.43. The summed E-state index contributed by atoms with van der Waals surface area (Å²) in [5, 5.41) is 6.98. The van der Waals surface area contributed by atoms with Crippen molar-refractivity contribution in [1.29, 1.82) is 0 Å². The van der Waals surface area contributed by atoms with Crippen molar-refractivity contribution in [2.75, 3.05) is 53.5 Å². The summed E-state index contributed by atoms with van der Waals surface area (Å²) < 4.78 is 5.26. The van der Waals surface area contributed by atoms with E-state index in [0.29, 0.717) is 5.41 Å². The molecule has 0 aromatic heterocycles. The summed E-state index contributed by atoms with van der Waals surface area (Å²) >= 11 is 0. The lowest BCUT2D eigenvalue weighted by Crippen LogP contribution is -2.48. The quantitative estimate of drug-likeness (QED) is 0.347. The van der Waals surface area contributed by atoms with Crippen LogP contribution in [0.1, 0.15) is 44.9 Å². The van der Waals surface area contributed by atoms with E-state index in [1.165, 1.54) is 51.6 Å². The van der Waals surface area contributed by atoms with Crippen molar-refractivity contribution in [2.45, 2.75) is 44.9 Å². The van der Waals surface area contributed by atoms with Crippen molar-refractivity contribution in [1.82, 2.24) is 15.5 Å². The van der Waals surface area contributed by atoms with E-state index in [1.54, 1.807) is 7.11 Å². The summed E-state index contributed by atoms with van der Waals surface area (Å²) in [6.07, 6.45) is 9.25. The van der Waals surface area contributed by atoms with Gasteiger partial charge in [-0.2, -0.15) is 0 Å². The molecule has 0 aromatic rings. The van der Waals surface area contributed by atoms with Crippen LogP contribution in [-0.4, -0.2) is 64.3 Å². The first-order valence-electron chi connectivity index (χ1n) is 8.94. The summed E-state index contributed by atoms with van der Waals surface area (Å²) in [6, 6.07) is 0. The van der Waals surface area contributed by atoms with Gasteiger partial charge in [-0.3, -0.25) is 4.99 Å². The van der Waals surface area contributed by atoms with Gasteiger partial charge < -0.3 is 20.3 Å².